The summed E-state index contributed by atoms with van der Waals surface area (Å²) in [5.41, 5.74) is 3.17. The minimum atomic E-state index is -0.152. The number of benzene rings is 2. The summed E-state index contributed by atoms with van der Waals surface area (Å²) >= 11 is 1.61. The molecule has 0 saturated heterocycles. The molecule has 1 N–H and O–H groups in total. The lowest BCUT2D eigenvalue weighted by molar-refractivity contribution is 0.102. The second kappa shape index (κ2) is 6.10. The Morgan fingerprint density at radius 2 is 1.96 bits per heavy atom. The summed E-state index contributed by atoms with van der Waals surface area (Å²) in [5, 5.41) is 8.19. The molecule has 0 aliphatic heterocycles. The lowest BCUT2D eigenvalue weighted by Gasteiger charge is -2.05. The first-order valence-electron chi connectivity index (χ1n) is 7.73. The molecule has 0 saturated carbocycles. The van der Waals surface area contributed by atoms with Gasteiger partial charge in [0.25, 0.3) is 5.91 Å². The van der Waals surface area contributed by atoms with E-state index in [9.17, 15) is 4.79 Å². The molecular formula is C18H15N5OS. The number of aromatic nitrogens is 4. The number of nitrogens with zero attached hydrogens (tertiary/aromatic N) is 4. The van der Waals surface area contributed by atoms with E-state index in [2.05, 4.69) is 20.4 Å². The zero-order valence-corrected chi connectivity index (χ0v) is 14.5. The fraction of sp³-hybridized carbons (Fsp3) is 0.111. The van der Waals surface area contributed by atoms with Crippen molar-refractivity contribution in [1.82, 2.24) is 19.7 Å². The van der Waals surface area contributed by atoms with Gasteiger partial charge in [0.1, 0.15) is 6.33 Å². The van der Waals surface area contributed by atoms with Crippen LogP contribution in [0.5, 0.6) is 0 Å². The molecule has 0 radical (unpaired) electrons. The van der Waals surface area contributed by atoms with Gasteiger partial charge in [-0.3, -0.25) is 9.48 Å². The first kappa shape index (κ1) is 15.5. The van der Waals surface area contributed by atoms with E-state index in [-0.39, 0.29) is 5.91 Å². The summed E-state index contributed by atoms with van der Waals surface area (Å²) in [6, 6.07) is 13.0. The van der Waals surface area contributed by atoms with Gasteiger partial charge in [0.2, 0.25) is 0 Å². The van der Waals surface area contributed by atoms with Crippen molar-refractivity contribution < 1.29 is 4.79 Å². The molecule has 0 fully saturated rings. The first-order chi connectivity index (χ1) is 12.1. The van der Waals surface area contributed by atoms with E-state index in [0.717, 1.165) is 26.5 Å². The molecule has 124 valence electrons. The Bertz CT molecular complexity index is 1060. The van der Waals surface area contributed by atoms with Crippen molar-refractivity contribution in [2.45, 2.75) is 6.92 Å². The van der Waals surface area contributed by atoms with E-state index in [4.69, 9.17) is 0 Å². The van der Waals surface area contributed by atoms with Gasteiger partial charge >= 0.3 is 0 Å². The predicted molar refractivity (Wildman–Crippen MR) is 98.7 cm³/mol. The number of carbonyl (C=O) groups excluding carboxylic acids is 1. The number of hydrogen-bond donors (Lipinski definition) is 1. The predicted octanol–water partition coefficient (Wildman–Crippen LogP) is 3.65. The molecule has 0 aliphatic rings. The van der Waals surface area contributed by atoms with Crippen LogP contribution in [-0.4, -0.2) is 25.7 Å². The molecule has 6 nitrogen and oxygen atoms in total. The Balaban J connectivity index is 1.53. The van der Waals surface area contributed by atoms with E-state index >= 15 is 0 Å². The molecule has 0 unspecified atom stereocenters. The normalized spacial score (nSPS) is 11.0. The molecule has 0 bridgehead atoms. The van der Waals surface area contributed by atoms with Gasteiger partial charge in [-0.05, 0) is 37.3 Å². The van der Waals surface area contributed by atoms with E-state index in [1.807, 2.05) is 44.3 Å². The van der Waals surface area contributed by atoms with Crippen molar-refractivity contribution >= 4 is 33.1 Å². The first-order valence-corrected chi connectivity index (χ1v) is 8.55. The van der Waals surface area contributed by atoms with Crippen molar-refractivity contribution in [1.29, 1.82) is 0 Å². The van der Waals surface area contributed by atoms with E-state index in [1.165, 1.54) is 0 Å². The summed E-state index contributed by atoms with van der Waals surface area (Å²) < 4.78 is 2.71. The molecule has 4 aromatic rings. The molecule has 0 spiro atoms. The third-order valence-electron chi connectivity index (χ3n) is 3.76. The number of fused-ring (bicyclic) bond motifs is 1. The zero-order chi connectivity index (χ0) is 17.4. The summed E-state index contributed by atoms with van der Waals surface area (Å²) in [5.74, 6) is 0.488. The number of thiazole rings is 1. The Morgan fingerprint density at radius 1 is 1.16 bits per heavy atom. The summed E-state index contributed by atoms with van der Waals surface area (Å²) in [4.78, 5) is 21.1. The second-order valence-electron chi connectivity index (χ2n) is 5.69. The average molecular weight is 349 g/mol. The molecular weight excluding hydrogens is 334 g/mol. The Hall–Kier alpha value is -3.06. The number of aryl methyl sites for hydroxylation is 2. The minimum absolute atomic E-state index is 0.152. The Morgan fingerprint density at radius 3 is 2.68 bits per heavy atom. The van der Waals surface area contributed by atoms with Crippen molar-refractivity contribution in [2.75, 3.05) is 5.32 Å². The van der Waals surface area contributed by atoms with Gasteiger partial charge in [0.05, 0.1) is 15.2 Å². The highest BCUT2D eigenvalue weighted by molar-refractivity contribution is 7.18. The van der Waals surface area contributed by atoms with Gasteiger partial charge in [-0.15, -0.1) is 11.3 Å². The van der Waals surface area contributed by atoms with Crippen LogP contribution in [0.3, 0.4) is 0 Å². The van der Waals surface area contributed by atoms with E-state index < -0.39 is 0 Å². The molecule has 7 heteroatoms. The van der Waals surface area contributed by atoms with Crippen LogP contribution in [-0.2, 0) is 7.05 Å². The Labute approximate surface area is 148 Å². The number of hydrogen-bond acceptors (Lipinski definition) is 5. The average Bonchev–Trinajstić information content (AvgIpc) is 3.19. The van der Waals surface area contributed by atoms with Crippen LogP contribution in [0.25, 0.3) is 21.6 Å². The molecule has 4 rings (SSSR count). The largest absolute Gasteiger partial charge is 0.322 e. The highest BCUT2D eigenvalue weighted by Crippen LogP contribution is 2.25. The smallest absolute Gasteiger partial charge is 0.255 e. The van der Waals surface area contributed by atoms with Crippen molar-refractivity contribution in [3.63, 3.8) is 0 Å². The molecule has 2 heterocycles. The zero-order valence-electron chi connectivity index (χ0n) is 13.7. The number of rotatable bonds is 3. The van der Waals surface area contributed by atoms with Gasteiger partial charge in [-0.2, -0.15) is 5.10 Å². The van der Waals surface area contributed by atoms with Gasteiger partial charge in [0, 0.05) is 23.9 Å². The highest BCUT2D eigenvalue weighted by Gasteiger charge is 2.09. The van der Waals surface area contributed by atoms with Crippen LogP contribution in [0, 0.1) is 6.92 Å². The standard InChI is InChI=1S/C18H15N5OS/c1-11-20-15-8-7-14(9-16(15)25-11)21-18(24)13-5-3-12(4-6-13)17-19-10-23(2)22-17/h3-10H,1-2H3,(H,21,24). The maximum absolute atomic E-state index is 12.4. The maximum atomic E-state index is 12.4. The van der Waals surface area contributed by atoms with Crippen LogP contribution in [0.1, 0.15) is 15.4 Å². The van der Waals surface area contributed by atoms with E-state index in [1.54, 1.807) is 34.5 Å². The quantitative estimate of drug-likeness (QED) is 0.613. The summed E-state index contributed by atoms with van der Waals surface area (Å²) in [7, 11) is 1.82. The number of carbonyl (C=O) groups is 1. The second-order valence-corrected chi connectivity index (χ2v) is 6.92. The van der Waals surface area contributed by atoms with Crippen LogP contribution >= 0.6 is 11.3 Å². The number of anilines is 1. The molecule has 2 aromatic carbocycles. The topological polar surface area (TPSA) is 72.7 Å². The molecule has 1 amide bonds. The van der Waals surface area contributed by atoms with Crippen LogP contribution < -0.4 is 5.32 Å². The molecule has 0 aliphatic carbocycles. The van der Waals surface area contributed by atoms with Crippen LogP contribution in [0.4, 0.5) is 5.69 Å². The summed E-state index contributed by atoms with van der Waals surface area (Å²) in [6.45, 7) is 1.97. The van der Waals surface area contributed by atoms with Gasteiger partial charge in [-0.25, -0.2) is 9.97 Å². The van der Waals surface area contributed by atoms with Crippen molar-refractivity contribution in [2.24, 2.45) is 7.05 Å². The number of amides is 1. The van der Waals surface area contributed by atoms with Crippen molar-refractivity contribution in [3.8, 4) is 11.4 Å². The fourth-order valence-electron chi connectivity index (χ4n) is 2.56. The van der Waals surface area contributed by atoms with Crippen LogP contribution in [0.15, 0.2) is 48.8 Å². The van der Waals surface area contributed by atoms with E-state index in [0.29, 0.717) is 11.4 Å². The van der Waals surface area contributed by atoms with Gasteiger partial charge < -0.3 is 5.32 Å². The van der Waals surface area contributed by atoms with Crippen molar-refractivity contribution in [3.05, 3.63) is 59.4 Å². The van der Waals surface area contributed by atoms with Gasteiger partial charge in [-0.1, -0.05) is 12.1 Å². The van der Waals surface area contributed by atoms with Gasteiger partial charge in [0.15, 0.2) is 5.82 Å². The third kappa shape index (κ3) is 3.14. The van der Waals surface area contributed by atoms with Crippen LogP contribution in [0.2, 0.25) is 0 Å². The number of nitrogens with one attached hydrogen (secondary N) is 1. The Kier molecular flexibility index (Phi) is 3.77. The maximum Gasteiger partial charge on any atom is 0.255 e. The molecule has 0 atom stereocenters. The molecule has 2 aromatic heterocycles. The lowest BCUT2D eigenvalue weighted by atomic mass is 10.1. The third-order valence-corrected chi connectivity index (χ3v) is 4.69. The fourth-order valence-corrected chi connectivity index (χ4v) is 3.43. The minimum Gasteiger partial charge on any atom is -0.322 e. The highest BCUT2D eigenvalue weighted by atomic mass is 32.1. The lowest BCUT2D eigenvalue weighted by Crippen LogP contribution is -2.11. The summed E-state index contributed by atoms with van der Waals surface area (Å²) in [6.07, 6.45) is 1.65. The monoisotopic (exact) mass is 349 g/mol. The molecule has 25 heavy (non-hydrogen) atoms. The SMILES string of the molecule is Cc1nc2ccc(NC(=O)c3ccc(-c4ncn(C)n4)cc3)cc2s1.